The van der Waals surface area contributed by atoms with Gasteiger partial charge in [-0.05, 0) is 31.2 Å². The van der Waals surface area contributed by atoms with E-state index in [-0.39, 0.29) is 11.5 Å². The number of hydrogen-bond acceptors (Lipinski definition) is 2. The van der Waals surface area contributed by atoms with Gasteiger partial charge in [0.25, 0.3) is 0 Å². The number of rotatable bonds is 3. The molecule has 3 nitrogen and oxygen atoms in total. The van der Waals surface area contributed by atoms with Crippen LogP contribution in [0.15, 0.2) is 42.5 Å². The van der Waals surface area contributed by atoms with Crippen LogP contribution in [0.5, 0.6) is 5.75 Å². The molecule has 1 heterocycles. The first kappa shape index (κ1) is 13.4. The predicted molar refractivity (Wildman–Crippen MR) is 79.4 cm³/mol. The van der Waals surface area contributed by atoms with Gasteiger partial charge < -0.3 is 9.72 Å². The predicted octanol–water partition coefficient (Wildman–Crippen LogP) is 3.86. The Morgan fingerprint density at radius 2 is 1.95 bits per heavy atom. The Morgan fingerprint density at radius 1 is 1.19 bits per heavy atom. The largest absolute Gasteiger partial charge is 0.494 e. The average Bonchev–Trinajstić information content (AvgIpc) is 2.82. The van der Waals surface area contributed by atoms with E-state index in [1.165, 1.54) is 19.2 Å². The number of halogens is 1. The summed E-state index contributed by atoms with van der Waals surface area (Å²) >= 11 is 0. The van der Waals surface area contributed by atoms with Crippen molar-refractivity contribution < 1.29 is 13.9 Å². The van der Waals surface area contributed by atoms with Crippen molar-refractivity contribution in [3.63, 3.8) is 0 Å². The zero-order valence-electron chi connectivity index (χ0n) is 11.7. The number of nitrogens with one attached hydrogen (secondary N) is 1. The normalized spacial score (nSPS) is 10.8. The van der Waals surface area contributed by atoms with Crippen LogP contribution in [0, 0.1) is 12.7 Å². The van der Waals surface area contributed by atoms with Crippen LogP contribution in [-0.2, 0) is 0 Å². The van der Waals surface area contributed by atoms with E-state index in [1.54, 1.807) is 6.07 Å². The Morgan fingerprint density at radius 3 is 2.67 bits per heavy atom. The van der Waals surface area contributed by atoms with Crippen molar-refractivity contribution in [2.75, 3.05) is 7.11 Å². The second-order valence-electron chi connectivity index (χ2n) is 4.85. The van der Waals surface area contributed by atoms with E-state index in [0.717, 1.165) is 16.6 Å². The molecule has 0 saturated heterocycles. The van der Waals surface area contributed by atoms with Crippen molar-refractivity contribution in [1.82, 2.24) is 4.98 Å². The summed E-state index contributed by atoms with van der Waals surface area (Å²) in [5.74, 6) is -0.616. The van der Waals surface area contributed by atoms with Crippen molar-refractivity contribution in [3.05, 3.63) is 65.1 Å². The molecule has 0 atom stereocenters. The van der Waals surface area contributed by atoms with Crippen LogP contribution in [0.1, 0.15) is 21.6 Å². The van der Waals surface area contributed by atoms with Gasteiger partial charge in [0, 0.05) is 22.2 Å². The van der Waals surface area contributed by atoms with Crippen LogP contribution >= 0.6 is 0 Å². The fourth-order valence-electron chi connectivity index (χ4n) is 2.52. The van der Waals surface area contributed by atoms with E-state index >= 15 is 0 Å². The number of hydrogen-bond donors (Lipinski definition) is 1. The molecule has 0 fully saturated rings. The maximum Gasteiger partial charge on any atom is 0.195 e. The topological polar surface area (TPSA) is 42.1 Å². The lowest BCUT2D eigenvalue weighted by Crippen LogP contribution is -2.03. The number of ether oxygens (including phenoxy) is 1. The summed E-state index contributed by atoms with van der Waals surface area (Å²) in [5.41, 5.74) is 2.56. The van der Waals surface area contributed by atoms with Gasteiger partial charge >= 0.3 is 0 Å². The van der Waals surface area contributed by atoms with Crippen LogP contribution < -0.4 is 4.74 Å². The molecule has 0 amide bonds. The standard InChI is InChI=1S/C17H14FNO2/c1-10-16(12-5-3-4-6-14(12)19-10)17(20)11-7-8-15(21-2)13(18)9-11/h3-9,19H,1-2H3. The minimum atomic E-state index is -0.541. The van der Waals surface area contributed by atoms with Crippen LogP contribution in [0.4, 0.5) is 4.39 Å². The molecule has 0 saturated carbocycles. The summed E-state index contributed by atoms with van der Waals surface area (Å²) in [6.07, 6.45) is 0. The monoisotopic (exact) mass is 283 g/mol. The third-order valence-electron chi connectivity index (χ3n) is 3.53. The Bertz CT molecular complexity index is 836. The number of aryl methyl sites for hydroxylation is 1. The minimum Gasteiger partial charge on any atom is -0.494 e. The highest BCUT2D eigenvalue weighted by molar-refractivity contribution is 6.17. The molecule has 4 heteroatoms. The summed E-state index contributed by atoms with van der Waals surface area (Å²) in [4.78, 5) is 15.8. The number of carbonyl (C=O) groups is 1. The lowest BCUT2D eigenvalue weighted by molar-refractivity contribution is 0.103. The highest BCUT2D eigenvalue weighted by Gasteiger charge is 2.18. The first-order valence-corrected chi connectivity index (χ1v) is 6.57. The first-order chi connectivity index (χ1) is 10.1. The Balaban J connectivity index is 2.12. The Hall–Kier alpha value is -2.62. The average molecular weight is 283 g/mol. The number of carbonyl (C=O) groups excluding carboxylic acids is 1. The molecule has 0 spiro atoms. The number of aromatic nitrogens is 1. The van der Waals surface area contributed by atoms with Crippen LogP contribution in [-0.4, -0.2) is 17.9 Å². The van der Waals surface area contributed by atoms with Crippen molar-refractivity contribution in [2.24, 2.45) is 0 Å². The van der Waals surface area contributed by atoms with Crippen molar-refractivity contribution in [3.8, 4) is 5.75 Å². The molecule has 0 aliphatic rings. The maximum absolute atomic E-state index is 13.8. The van der Waals surface area contributed by atoms with Crippen LogP contribution in [0.3, 0.4) is 0 Å². The quantitative estimate of drug-likeness (QED) is 0.742. The fraction of sp³-hybridized carbons (Fsp3) is 0.118. The Labute approximate surface area is 121 Å². The summed E-state index contributed by atoms with van der Waals surface area (Å²) in [6, 6.07) is 11.8. The number of methoxy groups -OCH3 is 1. The van der Waals surface area contributed by atoms with E-state index in [4.69, 9.17) is 4.74 Å². The number of fused-ring (bicyclic) bond motifs is 1. The van der Waals surface area contributed by atoms with Gasteiger partial charge in [-0.2, -0.15) is 0 Å². The van der Waals surface area contributed by atoms with Gasteiger partial charge in [0.2, 0.25) is 0 Å². The molecule has 0 bridgehead atoms. The van der Waals surface area contributed by atoms with Gasteiger partial charge in [-0.1, -0.05) is 18.2 Å². The molecular weight excluding hydrogens is 269 g/mol. The molecule has 0 radical (unpaired) electrons. The van der Waals surface area contributed by atoms with Gasteiger partial charge in [-0.3, -0.25) is 4.79 Å². The Kier molecular flexibility index (Phi) is 3.22. The van der Waals surface area contributed by atoms with E-state index < -0.39 is 5.82 Å². The number of H-pyrrole nitrogens is 1. The molecule has 1 aromatic heterocycles. The third-order valence-corrected chi connectivity index (χ3v) is 3.53. The molecule has 1 N–H and O–H groups in total. The summed E-state index contributed by atoms with van der Waals surface area (Å²) < 4.78 is 18.7. The van der Waals surface area contributed by atoms with Crippen LogP contribution in [0.2, 0.25) is 0 Å². The fourth-order valence-corrected chi connectivity index (χ4v) is 2.52. The number of ketones is 1. The molecule has 0 unspecified atom stereocenters. The summed E-state index contributed by atoms with van der Waals surface area (Å²) in [7, 11) is 1.39. The van der Waals surface area contributed by atoms with Crippen molar-refractivity contribution in [2.45, 2.75) is 6.92 Å². The van der Waals surface area contributed by atoms with Gasteiger partial charge in [-0.25, -0.2) is 4.39 Å². The summed E-state index contributed by atoms with van der Waals surface area (Å²) in [5, 5.41) is 0.844. The molecule has 0 aliphatic carbocycles. The zero-order valence-corrected chi connectivity index (χ0v) is 11.7. The smallest absolute Gasteiger partial charge is 0.195 e. The molecular formula is C17H14FNO2. The second-order valence-corrected chi connectivity index (χ2v) is 4.85. The number of aromatic amines is 1. The van der Waals surface area contributed by atoms with E-state index in [2.05, 4.69) is 4.98 Å². The first-order valence-electron chi connectivity index (χ1n) is 6.57. The highest BCUT2D eigenvalue weighted by atomic mass is 19.1. The number of para-hydroxylation sites is 1. The highest BCUT2D eigenvalue weighted by Crippen LogP contribution is 2.26. The zero-order chi connectivity index (χ0) is 15.0. The van der Waals surface area contributed by atoms with Crippen LogP contribution in [0.25, 0.3) is 10.9 Å². The second kappa shape index (κ2) is 5.05. The number of benzene rings is 2. The molecule has 21 heavy (non-hydrogen) atoms. The molecule has 0 aliphatic heterocycles. The van der Waals surface area contributed by atoms with Gasteiger partial charge in [0.15, 0.2) is 17.3 Å². The van der Waals surface area contributed by atoms with Gasteiger partial charge in [-0.15, -0.1) is 0 Å². The molecule has 2 aromatic carbocycles. The van der Waals surface area contributed by atoms with E-state index in [1.807, 2.05) is 31.2 Å². The summed E-state index contributed by atoms with van der Waals surface area (Å²) in [6.45, 7) is 1.84. The lowest BCUT2D eigenvalue weighted by atomic mass is 10.0. The van der Waals surface area contributed by atoms with E-state index in [0.29, 0.717) is 11.1 Å². The molecule has 3 aromatic rings. The van der Waals surface area contributed by atoms with Crippen molar-refractivity contribution in [1.29, 1.82) is 0 Å². The lowest BCUT2D eigenvalue weighted by Gasteiger charge is -2.05. The SMILES string of the molecule is COc1ccc(C(=O)c2c(C)[nH]c3ccccc23)cc1F. The van der Waals surface area contributed by atoms with Gasteiger partial charge in [0.1, 0.15) is 0 Å². The maximum atomic E-state index is 13.8. The van der Waals surface area contributed by atoms with Gasteiger partial charge in [0.05, 0.1) is 12.7 Å². The van der Waals surface area contributed by atoms with Crippen molar-refractivity contribution >= 4 is 16.7 Å². The van der Waals surface area contributed by atoms with E-state index in [9.17, 15) is 9.18 Å². The minimum absolute atomic E-state index is 0.127. The molecule has 3 rings (SSSR count). The molecule has 106 valence electrons. The third kappa shape index (κ3) is 2.18.